The Kier molecular flexibility index (Phi) is 16.1. The molecule has 5 rings (SSSR count). The number of unbranched alkanes of at least 4 members (excludes halogenated alkanes) is 1. The first-order valence-electron chi connectivity index (χ1n) is 19.3. The molecule has 13 heteroatoms. The lowest BCUT2D eigenvalue weighted by Gasteiger charge is -2.27. The molecule has 0 unspecified atom stereocenters. The van der Waals surface area contributed by atoms with Crippen LogP contribution in [0.15, 0.2) is 102 Å². The molecule has 0 radical (unpaired) electrons. The van der Waals surface area contributed by atoms with Crippen molar-refractivity contribution in [1.29, 1.82) is 0 Å². The number of benzene rings is 4. The fraction of sp³-hybridized carbons (Fsp3) is 0.333. The van der Waals surface area contributed by atoms with Crippen molar-refractivity contribution in [3.05, 3.63) is 125 Å². The maximum absolute atomic E-state index is 14.4. The van der Waals surface area contributed by atoms with Crippen LogP contribution in [0.25, 0.3) is 10.1 Å². The van der Waals surface area contributed by atoms with E-state index in [2.05, 4.69) is 10.6 Å². The smallest absolute Gasteiger partial charge is 0.247 e. The Labute approximate surface area is 343 Å². The molecule has 0 bridgehead atoms. The van der Waals surface area contributed by atoms with E-state index < -0.39 is 41.6 Å². The van der Waals surface area contributed by atoms with Gasteiger partial charge in [-0.1, -0.05) is 80.4 Å². The summed E-state index contributed by atoms with van der Waals surface area (Å²) in [6.45, 7) is 2.10. The van der Waals surface area contributed by atoms with Crippen LogP contribution in [0.2, 0.25) is 0 Å². The third-order valence-corrected chi connectivity index (χ3v) is 10.9. The number of thiophene rings is 1. The molecule has 0 spiro atoms. The Morgan fingerprint density at radius 2 is 1.43 bits per heavy atom. The van der Waals surface area contributed by atoms with Gasteiger partial charge < -0.3 is 30.6 Å². The Hall–Kier alpha value is -5.92. The molecule has 306 valence electrons. The number of rotatable bonds is 22. The first-order chi connectivity index (χ1) is 28.1. The number of ether oxygens (including phenoxy) is 3. The van der Waals surface area contributed by atoms with Gasteiger partial charge in [0.05, 0.1) is 27.9 Å². The van der Waals surface area contributed by atoms with Gasteiger partial charge in [-0.3, -0.25) is 24.0 Å². The second kappa shape index (κ2) is 21.6. The minimum atomic E-state index is -1.08. The molecule has 0 saturated heterocycles. The molecule has 1 heterocycles. The molecular formula is C45H52N4O8S. The molecule has 0 fully saturated rings. The zero-order valence-corrected chi connectivity index (χ0v) is 34.2. The predicted molar refractivity (Wildman–Crippen MR) is 224 cm³/mol. The summed E-state index contributed by atoms with van der Waals surface area (Å²) in [7, 11) is 4.68. The molecule has 5 aromatic rings. The number of hydrogen-bond donors (Lipinski definition) is 3. The summed E-state index contributed by atoms with van der Waals surface area (Å²) < 4.78 is 17.3. The summed E-state index contributed by atoms with van der Waals surface area (Å²) in [6, 6.07) is 27.6. The van der Waals surface area contributed by atoms with Crippen molar-refractivity contribution >= 4 is 45.1 Å². The van der Waals surface area contributed by atoms with Crippen LogP contribution < -0.4 is 30.6 Å². The standard InChI is InChI=1S/C45H52N4O8S/c1-5-6-14-32(25-42(50)49(57-28-31-17-20-35(54-2)21-18-31)27-33-19-22-36(55-3)26-40(33)56-4)44(52)48-39(24-34-29-58-41-16-11-10-15-37(34)41)45(53)47-38(43(46)51)23-30-12-8-7-9-13-30/h7-13,15-22,26,29,32,38-39H,5-6,14,23-25,27-28H2,1-4H3,(H2,46,51)(H,47,53)(H,48,52)/t32-,38+,39+/m1/s1. The van der Waals surface area contributed by atoms with Crippen LogP contribution in [0.3, 0.4) is 0 Å². The number of fused-ring (bicyclic) bond motifs is 1. The van der Waals surface area contributed by atoms with Gasteiger partial charge in [-0.15, -0.1) is 11.3 Å². The first kappa shape index (κ1) is 43.2. The van der Waals surface area contributed by atoms with E-state index in [1.54, 1.807) is 55.9 Å². The van der Waals surface area contributed by atoms with E-state index >= 15 is 0 Å². The fourth-order valence-electron chi connectivity index (χ4n) is 6.56. The monoisotopic (exact) mass is 808 g/mol. The maximum Gasteiger partial charge on any atom is 0.247 e. The molecule has 12 nitrogen and oxygen atoms in total. The molecular weight excluding hydrogens is 757 g/mol. The summed E-state index contributed by atoms with van der Waals surface area (Å²) >= 11 is 1.54. The number of carbonyl (C=O) groups is 4. The molecule has 0 saturated carbocycles. The molecule has 4 amide bonds. The van der Waals surface area contributed by atoms with E-state index in [0.717, 1.165) is 33.2 Å². The van der Waals surface area contributed by atoms with Crippen molar-refractivity contribution in [3.63, 3.8) is 0 Å². The van der Waals surface area contributed by atoms with Crippen LogP contribution in [0.4, 0.5) is 0 Å². The highest BCUT2D eigenvalue weighted by atomic mass is 32.1. The Morgan fingerprint density at radius 1 is 0.741 bits per heavy atom. The molecule has 1 aromatic heterocycles. The third-order valence-electron chi connectivity index (χ3n) is 9.89. The lowest BCUT2D eigenvalue weighted by molar-refractivity contribution is -0.197. The number of hydroxylamine groups is 2. The van der Waals surface area contributed by atoms with Crippen LogP contribution >= 0.6 is 11.3 Å². The summed E-state index contributed by atoms with van der Waals surface area (Å²) in [5.41, 5.74) is 8.94. The highest BCUT2D eigenvalue weighted by molar-refractivity contribution is 7.17. The second-order valence-electron chi connectivity index (χ2n) is 13.9. The number of amides is 4. The van der Waals surface area contributed by atoms with Crippen LogP contribution in [0.5, 0.6) is 17.2 Å². The average molecular weight is 809 g/mol. The highest BCUT2D eigenvalue weighted by Crippen LogP contribution is 2.29. The highest BCUT2D eigenvalue weighted by Gasteiger charge is 2.32. The van der Waals surface area contributed by atoms with Gasteiger partial charge in [0.1, 0.15) is 35.9 Å². The summed E-state index contributed by atoms with van der Waals surface area (Å²) in [4.78, 5) is 61.6. The SMILES string of the molecule is CCCC[C@H](CC(=O)N(Cc1ccc(OC)cc1OC)OCc1ccc(OC)cc1)C(=O)N[C@@H](Cc1csc2ccccc12)C(=O)N[C@@H](Cc1ccccc1)C(N)=O. The third kappa shape index (κ3) is 12.0. The zero-order valence-electron chi connectivity index (χ0n) is 33.4. The molecule has 4 aromatic carbocycles. The van der Waals surface area contributed by atoms with Gasteiger partial charge in [-0.05, 0) is 64.2 Å². The molecule has 0 aliphatic carbocycles. The largest absolute Gasteiger partial charge is 0.497 e. The number of hydrogen-bond acceptors (Lipinski definition) is 9. The predicted octanol–water partition coefficient (Wildman–Crippen LogP) is 6.52. The van der Waals surface area contributed by atoms with Crippen LogP contribution in [0.1, 0.15) is 54.9 Å². The second-order valence-corrected chi connectivity index (χ2v) is 14.9. The van der Waals surface area contributed by atoms with Gasteiger partial charge in [0, 0.05) is 41.5 Å². The van der Waals surface area contributed by atoms with Crippen molar-refractivity contribution in [2.24, 2.45) is 11.7 Å². The van der Waals surface area contributed by atoms with Gasteiger partial charge in [0.2, 0.25) is 23.6 Å². The quantitative estimate of drug-likeness (QED) is 0.0667. The molecule has 3 atom stereocenters. The Bertz CT molecular complexity index is 2120. The lowest BCUT2D eigenvalue weighted by atomic mass is 9.95. The van der Waals surface area contributed by atoms with E-state index in [-0.39, 0.29) is 32.4 Å². The summed E-state index contributed by atoms with van der Waals surface area (Å²) in [5, 5.41) is 9.97. The number of carbonyl (C=O) groups excluding carboxylic acids is 4. The normalized spacial score (nSPS) is 12.6. The van der Waals surface area contributed by atoms with E-state index in [4.69, 9.17) is 24.8 Å². The fourth-order valence-corrected chi connectivity index (χ4v) is 7.54. The average Bonchev–Trinajstić information content (AvgIpc) is 3.66. The minimum absolute atomic E-state index is 0.0243. The first-order valence-corrected chi connectivity index (χ1v) is 20.2. The lowest BCUT2D eigenvalue weighted by Crippen LogP contribution is -2.55. The van der Waals surface area contributed by atoms with Gasteiger partial charge in [-0.25, -0.2) is 5.06 Å². The molecule has 58 heavy (non-hydrogen) atoms. The van der Waals surface area contributed by atoms with E-state index in [0.29, 0.717) is 35.7 Å². The van der Waals surface area contributed by atoms with Gasteiger partial charge in [-0.2, -0.15) is 0 Å². The minimum Gasteiger partial charge on any atom is -0.497 e. The van der Waals surface area contributed by atoms with E-state index in [9.17, 15) is 19.2 Å². The number of primary amides is 1. The van der Waals surface area contributed by atoms with Crippen LogP contribution in [-0.4, -0.2) is 62.1 Å². The number of nitrogens with two attached hydrogens (primary N) is 1. The van der Waals surface area contributed by atoms with Crippen LogP contribution in [0, 0.1) is 5.92 Å². The summed E-state index contributed by atoms with van der Waals surface area (Å²) in [6.07, 6.45) is 1.98. The van der Waals surface area contributed by atoms with E-state index in [1.165, 1.54) is 12.2 Å². The number of nitrogens with one attached hydrogen (secondary N) is 2. The number of nitrogens with zero attached hydrogens (tertiary/aromatic N) is 1. The van der Waals surface area contributed by atoms with Gasteiger partial charge >= 0.3 is 0 Å². The van der Waals surface area contributed by atoms with E-state index in [1.807, 2.05) is 79.0 Å². The van der Waals surface area contributed by atoms with Gasteiger partial charge in [0.25, 0.3) is 0 Å². The molecule has 0 aliphatic rings. The Morgan fingerprint density at radius 3 is 2.12 bits per heavy atom. The molecule has 4 N–H and O–H groups in total. The van der Waals surface area contributed by atoms with Crippen molar-refractivity contribution in [2.75, 3.05) is 21.3 Å². The molecule has 0 aliphatic heterocycles. The summed E-state index contributed by atoms with van der Waals surface area (Å²) in [5.74, 6) is -1.17. The number of methoxy groups -OCH3 is 3. The zero-order chi connectivity index (χ0) is 41.4. The van der Waals surface area contributed by atoms with Crippen molar-refractivity contribution in [1.82, 2.24) is 15.7 Å². The maximum atomic E-state index is 14.4. The van der Waals surface area contributed by atoms with Crippen LogP contribution in [-0.2, 0) is 50.0 Å². The Balaban J connectivity index is 1.40. The topological polar surface area (TPSA) is 159 Å². The van der Waals surface area contributed by atoms with Crippen molar-refractivity contribution < 1.29 is 38.2 Å². The van der Waals surface area contributed by atoms with Crippen molar-refractivity contribution in [3.8, 4) is 17.2 Å². The van der Waals surface area contributed by atoms with Crippen molar-refractivity contribution in [2.45, 2.75) is 70.7 Å². The van der Waals surface area contributed by atoms with Gasteiger partial charge in [0.15, 0.2) is 0 Å².